The molecule has 0 radical (unpaired) electrons. The number of nitrogens with zero attached hydrogens (tertiary/aromatic N) is 1. The molecule has 0 N–H and O–H groups in total. The number of aryl methyl sites for hydroxylation is 1. The number of rotatable bonds is 5. The maximum absolute atomic E-state index is 13.4. The summed E-state index contributed by atoms with van der Waals surface area (Å²) in [6, 6.07) is 16.6. The van der Waals surface area contributed by atoms with Crippen LogP contribution in [0.3, 0.4) is 0 Å². The highest BCUT2D eigenvalue weighted by molar-refractivity contribution is 5.83. The molecule has 0 aliphatic carbocycles. The van der Waals surface area contributed by atoms with Gasteiger partial charge >= 0.3 is 0 Å². The van der Waals surface area contributed by atoms with Crippen molar-refractivity contribution in [1.29, 1.82) is 0 Å². The van der Waals surface area contributed by atoms with Gasteiger partial charge in [0.05, 0.1) is 18.1 Å². The summed E-state index contributed by atoms with van der Waals surface area (Å²) in [7, 11) is 1.56. The van der Waals surface area contributed by atoms with Gasteiger partial charge in [-0.25, -0.2) is 0 Å². The molecule has 6 rings (SSSR count). The van der Waals surface area contributed by atoms with Crippen LogP contribution in [0.4, 0.5) is 0 Å². The zero-order valence-corrected chi connectivity index (χ0v) is 19.3. The molecule has 8 nitrogen and oxygen atoms in total. The lowest BCUT2D eigenvalue weighted by atomic mass is 10.1. The van der Waals surface area contributed by atoms with E-state index >= 15 is 0 Å². The van der Waals surface area contributed by atoms with Gasteiger partial charge in [-0.2, -0.15) is 0 Å². The molecule has 0 amide bonds. The minimum atomic E-state index is -0.245. The van der Waals surface area contributed by atoms with Crippen LogP contribution in [0.2, 0.25) is 0 Å². The number of para-hydroxylation sites is 2. The fourth-order valence-electron chi connectivity index (χ4n) is 4.43. The molecule has 0 bridgehead atoms. The molecule has 3 aromatic carbocycles. The van der Waals surface area contributed by atoms with Gasteiger partial charge in [-0.05, 0) is 48.9 Å². The van der Waals surface area contributed by atoms with Crippen LogP contribution in [0.15, 0.2) is 63.8 Å². The standard InChI is InChI=1S/C27H23NO7/c1-16-26(35-23-6-4-3-5-21(23)30-2)25(29)18-8-10-20-19(27(18)34-16)13-28(14-31-20)12-17-7-9-22-24(11-17)33-15-32-22/h3-11H,12-15H2,1-2H3. The molecule has 2 aliphatic rings. The van der Waals surface area contributed by atoms with Gasteiger partial charge in [0, 0.05) is 13.1 Å². The SMILES string of the molecule is COc1ccccc1Oc1c(C)oc2c3c(ccc2c1=O)OCN(Cc1ccc2c(c1)OCO2)C3. The Morgan fingerprint density at radius 1 is 0.943 bits per heavy atom. The molecule has 8 heteroatoms. The highest BCUT2D eigenvalue weighted by atomic mass is 16.7. The highest BCUT2D eigenvalue weighted by Gasteiger charge is 2.25. The first-order chi connectivity index (χ1) is 17.1. The normalized spacial score (nSPS) is 14.5. The Hall–Kier alpha value is -4.17. The van der Waals surface area contributed by atoms with Gasteiger partial charge < -0.3 is 28.1 Å². The van der Waals surface area contributed by atoms with E-state index in [-0.39, 0.29) is 18.0 Å². The van der Waals surface area contributed by atoms with Gasteiger partial charge in [0.25, 0.3) is 0 Å². The third-order valence-corrected chi connectivity index (χ3v) is 6.15. The number of hydrogen-bond donors (Lipinski definition) is 0. The summed E-state index contributed by atoms with van der Waals surface area (Å²) in [6.07, 6.45) is 0. The number of fused-ring (bicyclic) bond motifs is 4. The molecular weight excluding hydrogens is 450 g/mol. The van der Waals surface area contributed by atoms with E-state index in [1.165, 1.54) is 0 Å². The summed E-state index contributed by atoms with van der Waals surface area (Å²) < 4.78 is 34.4. The second kappa shape index (κ2) is 8.56. The number of ether oxygens (including phenoxy) is 5. The van der Waals surface area contributed by atoms with Crippen LogP contribution in [0.25, 0.3) is 11.0 Å². The first-order valence-electron chi connectivity index (χ1n) is 11.2. The van der Waals surface area contributed by atoms with Crippen LogP contribution in [0.5, 0.6) is 34.5 Å². The van der Waals surface area contributed by atoms with Crippen LogP contribution in [0.1, 0.15) is 16.9 Å². The summed E-state index contributed by atoms with van der Waals surface area (Å²) in [5, 5.41) is 0.438. The molecular formula is C27H23NO7. The Kier molecular flexibility index (Phi) is 5.22. The number of benzene rings is 3. The van der Waals surface area contributed by atoms with Crippen molar-refractivity contribution in [1.82, 2.24) is 4.90 Å². The van der Waals surface area contributed by atoms with Crippen molar-refractivity contribution in [3.63, 3.8) is 0 Å². The third-order valence-electron chi connectivity index (χ3n) is 6.15. The quantitative estimate of drug-likeness (QED) is 0.401. The van der Waals surface area contributed by atoms with E-state index in [4.69, 9.17) is 28.1 Å². The summed E-state index contributed by atoms with van der Waals surface area (Å²) in [6.45, 7) is 3.59. The van der Waals surface area contributed by atoms with Crippen molar-refractivity contribution < 1.29 is 28.1 Å². The van der Waals surface area contributed by atoms with Gasteiger partial charge in [0.15, 0.2) is 23.0 Å². The Morgan fingerprint density at radius 2 is 1.74 bits per heavy atom. The first-order valence-corrected chi connectivity index (χ1v) is 11.2. The van der Waals surface area contributed by atoms with Crippen molar-refractivity contribution in [2.45, 2.75) is 20.0 Å². The van der Waals surface area contributed by atoms with Gasteiger partial charge in [0.2, 0.25) is 18.0 Å². The highest BCUT2D eigenvalue weighted by Crippen LogP contribution is 2.37. The van der Waals surface area contributed by atoms with E-state index in [9.17, 15) is 4.79 Å². The van der Waals surface area contributed by atoms with Gasteiger partial charge in [0.1, 0.15) is 23.8 Å². The second-order valence-electron chi connectivity index (χ2n) is 8.44. The maximum atomic E-state index is 13.4. The van der Waals surface area contributed by atoms with Crippen LogP contribution < -0.4 is 29.1 Å². The first kappa shape index (κ1) is 21.4. The molecule has 3 heterocycles. The Morgan fingerprint density at radius 3 is 2.60 bits per heavy atom. The monoisotopic (exact) mass is 473 g/mol. The Labute approximate surface area is 201 Å². The summed E-state index contributed by atoms with van der Waals surface area (Å²) >= 11 is 0. The van der Waals surface area contributed by atoms with Gasteiger partial charge in [-0.15, -0.1) is 0 Å². The number of hydrogen-bond acceptors (Lipinski definition) is 8. The molecule has 35 heavy (non-hydrogen) atoms. The second-order valence-corrected chi connectivity index (χ2v) is 8.44. The van der Waals surface area contributed by atoms with E-state index in [0.717, 1.165) is 22.6 Å². The molecule has 2 aliphatic heterocycles. The molecule has 1 aromatic heterocycles. The van der Waals surface area contributed by atoms with E-state index in [1.54, 1.807) is 32.2 Å². The fraction of sp³-hybridized carbons (Fsp3) is 0.222. The predicted octanol–water partition coefficient (Wildman–Crippen LogP) is 4.98. The third kappa shape index (κ3) is 3.81. The van der Waals surface area contributed by atoms with Crippen LogP contribution >= 0.6 is 0 Å². The minimum absolute atomic E-state index is 0.135. The van der Waals surface area contributed by atoms with E-state index in [0.29, 0.717) is 53.8 Å². The summed E-state index contributed by atoms with van der Waals surface area (Å²) in [5.41, 5.74) is 2.17. The number of methoxy groups -OCH3 is 1. The van der Waals surface area contributed by atoms with Crippen molar-refractivity contribution in [2.75, 3.05) is 20.6 Å². The lowest BCUT2D eigenvalue weighted by Gasteiger charge is -2.29. The average Bonchev–Trinajstić information content (AvgIpc) is 3.35. The fourth-order valence-corrected chi connectivity index (χ4v) is 4.43. The smallest absolute Gasteiger partial charge is 0.235 e. The largest absolute Gasteiger partial charge is 0.493 e. The molecule has 0 unspecified atom stereocenters. The molecule has 0 atom stereocenters. The molecule has 0 fully saturated rings. The summed E-state index contributed by atoms with van der Waals surface area (Å²) in [4.78, 5) is 15.5. The lowest BCUT2D eigenvalue weighted by molar-refractivity contribution is 0.0889. The van der Waals surface area contributed by atoms with Crippen LogP contribution in [0, 0.1) is 6.92 Å². The van der Waals surface area contributed by atoms with E-state index in [2.05, 4.69) is 4.90 Å². The van der Waals surface area contributed by atoms with Crippen molar-refractivity contribution in [2.24, 2.45) is 0 Å². The topological polar surface area (TPSA) is 79.6 Å². The zero-order chi connectivity index (χ0) is 23.9. The molecule has 178 valence electrons. The molecule has 0 spiro atoms. The van der Waals surface area contributed by atoms with Crippen LogP contribution in [-0.4, -0.2) is 25.5 Å². The Balaban J connectivity index is 1.33. The average molecular weight is 473 g/mol. The molecule has 4 aromatic rings. The van der Waals surface area contributed by atoms with Crippen molar-refractivity contribution in [3.05, 3.63) is 81.7 Å². The Bertz CT molecular complexity index is 1490. The van der Waals surface area contributed by atoms with Gasteiger partial charge in [-0.1, -0.05) is 18.2 Å². The van der Waals surface area contributed by atoms with E-state index < -0.39 is 0 Å². The lowest BCUT2D eigenvalue weighted by Crippen LogP contribution is -2.31. The van der Waals surface area contributed by atoms with Crippen LogP contribution in [-0.2, 0) is 13.1 Å². The zero-order valence-electron chi connectivity index (χ0n) is 19.3. The minimum Gasteiger partial charge on any atom is -0.493 e. The van der Waals surface area contributed by atoms with E-state index in [1.807, 2.05) is 36.4 Å². The predicted molar refractivity (Wildman–Crippen MR) is 128 cm³/mol. The van der Waals surface area contributed by atoms with Crippen molar-refractivity contribution >= 4 is 11.0 Å². The summed E-state index contributed by atoms with van der Waals surface area (Å²) in [5.74, 6) is 3.70. The maximum Gasteiger partial charge on any atom is 0.235 e. The van der Waals surface area contributed by atoms with Gasteiger partial charge in [-0.3, -0.25) is 9.69 Å². The van der Waals surface area contributed by atoms with Crippen molar-refractivity contribution in [3.8, 4) is 34.5 Å². The molecule has 0 saturated heterocycles. The molecule has 0 saturated carbocycles.